The lowest BCUT2D eigenvalue weighted by Crippen LogP contribution is -2.46. The Morgan fingerprint density at radius 2 is 1.91 bits per heavy atom. The summed E-state index contributed by atoms with van der Waals surface area (Å²) in [7, 11) is 0. The van der Waals surface area contributed by atoms with Crippen LogP contribution in [-0.4, -0.2) is 66.3 Å². The lowest BCUT2D eigenvalue weighted by atomic mass is 9.96. The van der Waals surface area contributed by atoms with Crippen LogP contribution in [0, 0.1) is 5.92 Å². The third-order valence-corrected chi connectivity index (χ3v) is 6.21. The van der Waals surface area contributed by atoms with Crippen LogP contribution in [-0.2, 0) is 16.1 Å². The highest BCUT2D eigenvalue weighted by atomic mass is 35.5. The molecule has 3 N–H and O–H groups in total. The second-order valence-corrected chi connectivity index (χ2v) is 8.59. The number of ether oxygens (including phenoxy) is 1. The van der Waals surface area contributed by atoms with Gasteiger partial charge in [0.1, 0.15) is 11.6 Å². The van der Waals surface area contributed by atoms with Gasteiger partial charge in [-0.3, -0.25) is 4.79 Å². The molecule has 3 amide bonds. The predicted octanol–water partition coefficient (Wildman–Crippen LogP) is 2.84. The maximum Gasteiger partial charge on any atom is 0.317 e. The Hall–Kier alpha value is -3.04. The van der Waals surface area contributed by atoms with E-state index in [9.17, 15) is 14.7 Å². The highest BCUT2D eigenvalue weighted by Crippen LogP contribution is 2.28. The quantitative estimate of drug-likeness (QED) is 0.576. The number of carbonyl (C=O) groups is 2. The van der Waals surface area contributed by atoms with Gasteiger partial charge in [-0.05, 0) is 37.1 Å². The highest BCUT2D eigenvalue weighted by molar-refractivity contribution is 6.31. The van der Waals surface area contributed by atoms with Crippen LogP contribution in [0.25, 0.3) is 0 Å². The standard InChI is InChI=1S/C23H28ClN5O4/c24-18-3-4-20(30)19(14-18)27-22(31)16-5-8-29(9-6-16)23(32)26-15-17-2-1-7-25-21(17)28-10-12-33-13-11-28/h1-4,7,14,16,30H,5-6,8-13,15H2,(H,26,32)(H,27,31). The molecule has 4 rings (SSSR count). The molecule has 0 saturated carbocycles. The number of anilines is 2. The average Bonchev–Trinajstić information content (AvgIpc) is 2.85. The number of urea groups is 1. The molecule has 0 atom stereocenters. The minimum Gasteiger partial charge on any atom is -0.506 e. The normalized spacial score (nSPS) is 17.0. The second kappa shape index (κ2) is 10.7. The van der Waals surface area contributed by atoms with E-state index in [4.69, 9.17) is 16.3 Å². The Morgan fingerprint density at radius 1 is 1.15 bits per heavy atom. The first-order valence-corrected chi connectivity index (χ1v) is 11.5. The molecule has 2 aliphatic heterocycles. The van der Waals surface area contributed by atoms with Gasteiger partial charge in [-0.25, -0.2) is 9.78 Å². The lowest BCUT2D eigenvalue weighted by molar-refractivity contribution is -0.121. The third kappa shape index (κ3) is 5.85. The predicted molar refractivity (Wildman–Crippen MR) is 126 cm³/mol. The number of morpholine rings is 1. The molecule has 1 aromatic carbocycles. The molecule has 0 bridgehead atoms. The summed E-state index contributed by atoms with van der Waals surface area (Å²) in [5, 5.41) is 16.1. The summed E-state index contributed by atoms with van der Waals surface area (Å²) in [6.45, 7) is 4.24. The number of piperidine rings is 1. The minimum atomic E-state index is -0.237. The number of phenols is 1. The van der Waals surface area contributed by atoms with E-state index in [-0.39, 0.29) is 23.6 Å². The van der Waals surface area contributed by atoms with Gasteiger partial charge in [0.25, 0.3) is 0 Å². The number of rotatable bonds is 5. The summed E-state index contributed by atoms with van der Waals surface area (Å²) in [6, 6.07) is 8.20. The van der Waals surface area contributed by atoms with Crippen LogP contribution in [0.4, 0.5) is 16.3 Å². The molecular formula is C23H28ClN5O4. The van der Waals surface area contributed by atoms with E-state index in [1.54, 1.807) is 17.2 Å². The van der Waals surface area contributed by atoms with Gasteiger partial charge < -0.3 is 30.3 Å². The third-order valence-electron chi connectivity index (χ3n) is 5.98. The van der Waals surface area contributed by atoms with Crippen molar-refractivity contribution in [1.29, 1.82) is 0 Å². The molecule has 2 saturated heterocycles. The van der Waals surface area contributed by atoms with Crippen molar-refractivity contribution in [2.45, 2.75) is 19.4 Å². The molecule has 3 heterocycles. The van der Waals surface area contributed by atoms with E-state index in [2.05, 4.69) is 20.5 Å². The molecule has 176 valence electrons. The summed E-state index contributed by atoms with van der Waals surface area (Å²) < 4.78 is 5.42. The average molecular weight is 474 g/mol. The maximum atomic E-state index is 12.7. The number of likely N-dealkylation sites (tertiary alicyclic amines) is 1. The summed E-state index contributed by atoms with van der Waals surface area (Å²) in [4.78, 5) is 33.7. The zero-order chi connectivity index (χ0) is 23.2. The van der Waals surface area contributed by atoms with Gasteiger partial charge in [-0.15, -0.1) is 0 Å². The number of aromatic hydroxyl groups is 1. The van der Waals surface area contributed by atoms with Gasteiger partial charge in [0.15, 0.2) is 0 Å². The molecule has 2 aromatic rings. The van der Waals surface area contributed by atoms with E-state index in [1.807, 2.05) is 12.1 Å². The zero-order valence-corrected chi connectivity index (χ0v) is 19.1. The monoisotopic (exact) mass is 473 g/mol. The number of nitrogens with one attached hydrogen (secondary N) is 2. The summed E-state index contributed by atoms with van der Waals surface area (Å²) in [5.41, 5.74) is 1.25. The first-order valence-electron chi connectivity index (χ1n) is 11.1. The molecule has 10 heteroatoms. The van der Waals surface area contributed by atoms with Crippen LogP contribution in [0.5, 0.6) is 5.75 Å². The van der Waals surface area contributed by atoms with Crippen LogP contribution in [0.1, 0.15) is 18.4 Å². The van der Waals surface area contributed by atoms with Crippen molar-refractivity contribution >= 4 is 35.0 Å². The molecular weight excluding hydrogens is 446 g/mol. The van der Waals surface area contributed by atoms with Crippen LogP contribution in [0.15, 0.2) is 36.5 Å². The van der Waals surface area contributed by atoms with Gasteiger partial charge >= 0.3 is 6.03 Å². The van der Waals surface area contributed by atoms with E-state index < -0.39 is 0 Å². The Balaban J connectivity index is 1.27. The van der Waals surface area contributed by atoms with Crippen molar-refractivity contribution in [3.63, 3.8) is 0 Å². The number of aromatic nitrogens is 1. The van der Waals surface area contributed by atoms with Crippen LogP contribution >= 0.6 is 11.6 Å². The lowest BCUT2D eigenvalue weighted by Gasteiger charge is -2.32. The summed E-state index contributed by atoms with van der Waals surface area (Å²) >= 11 is 5.94. The molecule has 33 heavy (non-hydrogen) atoms. The number of pyridine rings is 1. The van der Waals surface area contributed by atoms with Gasteiger partial charge in [0, 0.05) is 55.4 Å². The Bertz CT molecular complexity index is 991. The number of nitrogens with zero attached hydrogens (tertiary/aromatic N) is 3. The van der Waals surface area contributed by atoms with Gasteiger partial charge in [-0.1, -0.05) is 17.7 Å². The van der Waals surface area contributed by atoms with Crippen molar-refractivity contribution in [3.8, 4) is 5.75 Å². The number of carbonyl (C=O) groups excluding carboxylic acids is 2. The molecule has 2 aliphatic rings. The number of halogens is 1. The minimum absolute atomic E-state index is 0.0311. The summed E-state index contributed by atoms with van der Waals surface area (Å²) in [6.07, 6.45) is 2.86. The maximum absolute atomic E-state index is 12.7. The topological polar surface area (TPSA) is 107 Å². The molecule has 1 aromatic heterocycles. The van der Waals surface area contributed by atoms with E-state index in [0.29, 0.717) is 56.4 Å². The smallest absolute Gasteiger partial charge is 0.317 e. The van der Waals surface area contributed by atoms with Gasteiger partial charge in [0.2, 0.25) is 5.91 Å². The number of phenolic OH excluding ortho intramolecular Hbond substituents is 1. The fraction of sp³-hybridized carbons (Fsp3) is 0.435. The number of benzene rings is 1. The Kier molecular flexibility index (Phi) is 7.51. The molecule has 0 aliphatic carbocycles. The molecule has 9 nitrogen and oxygen atoms in total. The van der Waals surface area contributed by atoms with E-state index in [0.717, 1.165) is 24.5 Å². The van der Waals surface area contributed by atoms with Gasteiger partial charge in [0.05, 0.1) is 18.9 Å². The van der Waals surface area contributed by atoms with Crippen molar-refractivity contribution in [2.24, 2.45) is 5.92 Å². The molecule has 2 fully saturated rings. The number of hydrogen-bond donors (Lipinski definition) is 3. The van der Waals surface area contributed by atoms with Crippen molar-refractivity contribution < 1.29 is 19.4 Å². The molecule has 0 spiro atoms. The summed E-state index contributed by atoms with van der Waals surface area (Å²) in [5.74, 6) is 0.425. The highest BCUT2D eigenvalue weighted by Gasteiger charge is 2.28. The Labute approximate surface area is 197 Å². The zero-order valence-electron chi connectivity index (χ0n) is 18.3. The van der Waals surface area contributed by atoms with E-state index >= 15 is 0 Å². The Morgan fingerprint density at radius 3 is 2.67 bits per heavy atom. The van der Waals surface area contributed by atoms with Crippen LogP contribution < -0.4 is 15.5 Å². The SMILES string of the molecule is O=C(Nc1cc(Cl)ccc1O)C1CCN(C(=O)NCc2cccnc2N2CCOCC2)CC1. The first kappa shape index (κ1) is 23.1. The van der Waals surface area contributed by atoms with Crippen LogP contribution in [0.3, 0.4) is 0 Å². The number of amides is 3. The number of hydrogen-bond acceptors (Lipinski definition) is 6. The fourth-order valence-electron chi connectivity index (χ4n) is 4.10. The van der Waals surface area contributed by atoms with Crippen molar-refractivity contribution in [2.75, 3.05) is 49.6 Å². The fourth-order valence-corrected chi connectivity index (χ4v) is 4.27. The van der Waals surface area contributed by atoms with Gasteiger partial charge in [-0.2, -0.15) is 0 Å². The first-order chi connectivity index (χ1) is 16.0. The van der Waals surface area contributed by atoms with Crippen molar-refractivity contribution in [1.82, 2.24) is 15.2 Å². The second-order valence-electron chi connectivity index (χ2n) is 8.16. The largest absolute Gasteiger partial charge is 0.506 e. The van der Waals surface area contributed by atoms with E-state index in [1.165, 1.54) is 12.1 Å². The molecule has 0 unspecified atom stereocenters. The van der Waals surface area contributed by atoms with Crippen LogP contribution in [0.2, 0.25) is 5.02 Å². The van der Waals surface area contributed by atoms with Crippen molar-refractivity contribution in [3.05, 3.63) is 47.1 Å². The molecule has 0 radical (unpaired) electrons.